The molecule has 0 saturated carbocycles. The monoisotopic (exact) mass is 448 g/mol. The summed E-state index contributed by atoms with van der Waals surface area (Å²) in [4.78, 5) is 16.8. The van der Waals surface area contributed by atoms with Crippen molar-refractivity contribution in [1.29, 1.82) is 0 Å². The Balaban J connectivity index is 1.47. The number of hydrogen-bond donors (Lipinski definition) is 1. The Morgan fingerprint density at radius 2 is 1.76 bits per heavy atom. The number of carbonyl (C=O) groups excluding carboxylic acids is 1. The first-order chi connectivity index (χ1) is 16.1. The maximum atomic E-state index is 14.5. The van der Waals surface area contributed by atoms with Crippen molar-refractivity contribution in [3.05, 3.63) is 101 Å². The number of rotatable bonds is 8. The Labute approximate surface area is 194 Å². The van der Waals surface area contributed by atoms with Crippen molar-refractivity contribution in [3.8, 4) is 5.75 Å². The molecular weight excluding hydrogens is 419 g/mol. The smallest absolute Gasteiger partial charge is 0.224 e. The van der Waals surface area contributed by atoms with Gasteiger partial charge in [0.05, 0.1) is 6.61 Å². The molecule has 1 heterocycles. The molecule has 5 nitrogen and oxygen atoms in total. The molecular formula is C27H29FN2O3. The summed E-state index contributed by atoms with van der Waals surface area (Å²) in [5.41, 5.74) is 2.55. The zero-order valence-corrected chi connectivity index (χ0v) is 18.6. The number of amides is 1. The van der Waals surface area contributed by atoms with Crippen LogP contribution in [0.15, 0.2) is 78.9 Å². The third-order valence-corrected chi connectivity index (χ3v) is 5.89. The molecule has 4 rings (SSSR count). The fraction of sp³-hybridized carbons (Fsp3) is 0.296. The zero-order valence-electron chi connectivity index (χ0n) is 18.6. The minimum absolute atomic E-state index is 0.0196. The van der Waals surface area contributed by atoms with Gasteiger partial charge in [0, 0.05) is 50.3 Å². The van der Waals surface area contributed by atoms with E-state index in [1.807, 2.05) is 60.7 Å². The predicted molar refractivity (Wildman–Crippen MR) is 125 cm³/mol. The Morgan fingerprint density at radius 3 is 2.55 bits per heavy atom. The Hall–Kier alpha value is -3.22. The normalized spacial score (nSPS) is 15.9. The van der Waals surface area contributed by atoms with Crippen molar-refractivity contribution >= 4 is 5.91 Å². The molecule has 3 aromatic carbocycles. The van der Waals surface area contributed by atoms with Crippen LogP contribution in [-0.4, -0.2) is 47.1 Å². The molecule has 1 N–H and O–H groups in total. The maximum Gasteiger partial charge on any atom is 0.224 e. The van der Waals surface area contributed by atoms with Gasteiger partial charge in [0.15, 0.2) is 0 Å². The molecule has 0 bridgehead atoms. The van der Waals surface area contributed by atoms with Gasteiger partial charge in [-0.15, -0.1) is 0 Å². The van der Waals surface area contributed by atoms with Crippen LogP contribution in [0.4, 0.5) is 4.39 Å². The van der Waals surface area contributed by atoms with Crippen LogP contribution in [0.3, 0.4) is 0 Å². The second-order valence-corrected chi connectivity index (χ2v) is 8.25. The standard InChI is InChI=1S/C27H29FN2O3/c28-24-12-6-5-11-23(24)26-20-29(19-22-10-4-7-13-25(22)33-26)15-14-27(32)30(16-17-31)18-21-8-2-1-3-9-21/h1-13,26,31H,14-20H2/t26-/m1/s1. The van der Waals surface area contributed by atoms with Gasteiger partial charge < -0.3 is 14.7 Å². The highest BCUT2D eigenvalue weighted by atomic mass is 19.1. The third kappa shape index (κ3) is 5.97. The van der Waals surface area contributed by atoms with Crippen LogP contribution in [0.1, 0.15) is 29.2 Å². The lowest BCUT2D eigenvalue weighted by Crippen LogP contribution is -2.37. The van der Waals surface area contributed by atoms with Gasteiger partial charge in [-0.05, 0) is 17.7 Å². The van der Waals surface area contributed by atoms with Crippen LogP contribution in [0.25, 0.3) is 0 Å². The number of fused-ring (bicyclic) bond motifs is 1. The van der Waals surface area contributed by atoms with E-state index in [9.17, 15) is 14.3 Å². The Morgan fingerprint density at radius 1 is 1.03 bits per heavy atom. The molecule has 33 heavy (non-hydrogen) atoms. The lowest BCUT2D eigenvalue weighted by molar-refractivity contribution is -0.132. The summed E-state index contributed by atoms with van der Waals surface area (Å²) in [6, 6.07) is 24.2. The highest BCUT2D eigenvalue weighted by Crippen LogP contribution is 2.32. The van der Waals surface area contributed by atoms with Gasteiger partial charge in [-0.1, -0.05) is 66.7 Å². The van der Waals surface area contributed by atoms with E-state index in [1.54, 1.807) is 17.0 Å². The molecule has 0 aromatic heterocycles. The zero-order chi connectivity index (χ0) is 23.0. The molecule has 1 amide bonds. The van der Waals surface area contributed by atoms with Crippen LogP contribution in [0, 0.1) is 5.82 Å². The second-order valence-electron chi connectivity index (χ2n) is 8.25. The van der Waals surface area contributed by atoms with Crippen LogP contribution >= 0.6 is 0 Å². The van der Waals surface area contributed by atoms with E-state index in [1.165, 1.54) is 6.07 Å². The minimum Gasteiger partial charge on any atom is -0.484 e. The van der Waals surface area contributed by atoms with E-state index in [0.29, 0.717) is 38.2 Å². The number of nitrogens with zero attached hydrogens (tertiary/aromatic N) is 2. The molecule has 0 aliphatic carbocycles. The summed E-state index contributed by atoms with van der Waals surface area (Å²) >= 11 is 0. The summed E-state index contributed by atoms with van der Waals surface area (Å²) in [6.45, 7) is 2.27. The Bertz CT molecular complexity index is 1060. The minimum atomic E-state index is -0.470. The van der Waals surface area contributed by atoms with Crippen LogP contribution < -0.4 is 4.74 Å². The summed E-state index contributed by atoms with van der Waals surface area (Å²) in [5, 5.41) is 9.46. The first-order valence-corrected chi connectivity index (χ1v) is 11.3. The number of para-hydroxylation sites is 1. The molecule has 0 unspecified atom stereocenters. The van der Waals surface area contributed by atoms with E-state index in [-0.39, 0.29) is 24.9 Å². The molecule has 0 saturated heterocycles. The molecule has 0 fully saturated rings. The number of ether oxygens (including phenoxy) is 1. The van der Waals surface area contributed by atoms with Gasteiger partial charge in [-0.25, -0.2) is 4.39 Å². The Kier molecular flexibility index (Phi) is 7.70. The number of benzene rings is 3. The van der Waals surface area contributed by atoms with E-state index < -0.39 is 6.10 Å². The largest absolute Gasteiger partial charge is 0.484 e. The van der Waals surface area contributed by atoms with Crippen molar-refractivity contribution in [2.75, 3.05) is 26.2 Å². The number of halogens is 1. The van der Waals surface area contributed by atoms with Crippen molar-refractivity contribution in [2.24, 2.45) is 0 Å². The molecule has 1 aliphatic heterocycles. The van der Waals surface area contributed by atoms with Crippen molar-refractivity contribution < 1.29 is 19.0 Å². The SMILES string of the molecule is O=C(CCN1Cc2ccccc2O[C@@H](c2ccccc2F)C1)N(CCO)Cc1ccccc1. The summed E-state index contributed by atoms with van der Waals surface area (Å²) < 4.78 is 20.8. The second kappa shape index (κ2) is 11.1. The highest BCUT2D eigenvalue weighted by Gasteiger charge is 2.26. The summed E-state index contributed by atoms with van der Waals surface area (Å²) in [5.74, 6) is 0.425. The van der Waals surface area contributed by atoms with E-state index >= 15 is 0 Å². The third-order valence-electron chi connectivity index (χ3n) is 5.89. The lowest BCUT2D eigenvalue weighted by Gasteiger charge is -2.26. The van der Waals surface area contributed by atoms with Crippen LogP contribution in [-0.2, 0) is 17.9 Å². The molecule has 0 radical (unpaired) electrons. The number of aliphatic hydroxyl groups excluding tert-OH is 1. The molecule has 1 aliphatic rings. The molecule has 3 aromatic rings. The van der Waals surface area contributed by atoms with Crippen LogP contribution in [0.2, 0.25) is 0 Å². The van der Waals surface area contributed by atoms with Crippen molar-refractivity contribution in [1.82, 2.24) is 9.80 Å². The quantitative estimate of drug-likeness (QED) is 0.562. The average molecular weight is 449 g/mol. The summed E-state index contributed by atoms with van der Waals surface area (Å²) in [6.07, 6.45) is -0.165. The van der Waals surface area contributed by atoms with Gasteiger partial charge in [-0.3, -0.25) is 9.69 Å². The first kappa shape index (κ1) is 23.0. The van der Waals surface area contributed by atoms with Gasteiger partial charge in [0.1, 0.15) is 17.7 Å². The predicted octanol–water partition coefficient (Wildman–Crippen LogP) is 4.17. The topological polar surface area (TPSA) is 53.0 Å². The average Bonchev–Trinajstić information content (AvgIpc) is 3.02. The van der Waals surface area contributed by atoms with Gasteiger partial charge in [0.2, 0.25) is 5.91 Å². The van der Waals surface area contributed by atoms with Gasteiger partial charge >= 0.3 is 0 Å². The van der Waals surface area contributed by atoms with Crippen molar-refractivity contribution in [2.45, 2.75) is 25.6 Å². The van der Waals surface area contributed by atoms with E-state index in [4.69, 9.17) is 4.74 Å². The molecule has 172 valence electrons. The fourth-order valence-corrected chi connectivity index (χ4v) is 4.18. The molecule has 6 heteroatoms. The van der Waals surface area contributed by atoms with Crippen LogP contribution in [0.5, 0.6) is 5.75 Å². The fourth-order valence-electron chi connectivity index (χ4n) is 4.18. The number of aliphatic hydroxyl groups is 1. The highest BCUT2D eigenvalue weighted by molar-refractivity contribution is 5.76. The molecule has 1 atom stereocenters. The van der Waals surface area contributed by atoms with Crippen molar-refractivity contribution in [3.63, 3.8) is 0 Å². The maximum absolute atomic E-state index is 14.5. The summed E-state index contributed by atoms with van der Waals surface area (Å²) in [7, 11) is 0. The van der Waals surface area contributed by atoms with Gasteiger partial charge in [0.25, 0.3) is 0 Å². The molecule has 0 spiro atoms. The first-order valence-electron chi connectivity index (χ1n) is 11.3. The van der Waals surface area contributed by atoms with E-state index in [2.05, 4.69) is 4.90 Å². The number of hydrogen-bond acceptors (Lipinski definition) is 4. The van der Waals surface area contributed by atoms with Gasteiger partial charge in [-0.2, -0.15) is 0 Å². The lowest BCUT2D eigenvalue weighted by atomic mass is 10.1. The number of carbonyl (C=O) groups is 1. The van der Waals surface area contributed by atoms with E-state index in [0.717, 1.165) is 16.9 Å².